The van der Waals surface area contributed by atoms with Crippen LogP contribution in [0.2, 0.25) is 0 Å². The van der Waals surface area contributed by atoms with Gasteiger partial charge in [-0.2, -0.15) is 8.78 Å². The highest BCUT2D eigenvalue weighted by Crippen LogP contribution is 2.25. The lowest BCUT2D eigenvalue weighted by Gasteiger charge is -2.12. The number of pyridine rings is 1. The molecule has 0 atom stereocenters. The number of hydrogen-bond acceptors (Lipinski definition) is 5. The van der Waals surface area contributed by atoms with Crippen LogP contribution in [0.25, 0.3) is 0 Å². The second kappa shape index (κ2) is 7.86. The van der Waals surface area contributed by atoms with Gasteiger partial charge < -0.3 is 10.1 Å². The van der Waals surface area contributed by atoms with Crippen LogP contribution in [-0.2, 0) is 16.6 Å². The Morgan fingerprint density at radius 3 is 2.62 bits per heavy atom. The molecule has 0 saturated carbocycles. The zero-order valence-electron chi connectivity index (χ0n) is 12.5. The Hall–Kier alpha value is -1.78. The van der Waals surface area contributed by atoms with Crippen molar-refractivity contribution < 1.29 is 21.9 Å². The number of alkyl halides is 2. The molecule has 1 aromatic heterocycles. The summed E-state index contributed by atoms with van der Waals surface area (Å²) in [6.45, 7) is -2.75. The number of rotatable bonds is 7. The summed E-state index contributed by atoms with van der Waals surface area (Å²) in [6, 6.07) is 7.54. The van der Waals surface area contributed by atoms with E-state index >= 15 is 0 Å². The maximum atomic E-state index is 12.4. The Kier molecular flexibility index (Phi) is 6.08. The molecule has 0 unspecified atom stereocenters. The van der Waals surface area contributed by atoms with Crippen molar-refractivity contribution in [1.82, 2.24) is 9.71 Å². The SMILES string of the molecule is CNS(=O)(=O)c1ccc(NCc2cc(Br)ccc2OC(F)F)nc1. The van der Waals surface area contributed by atoms with E-state index in [0.29, 0.717) is 15.9 Å². The van der Waals surface area contributed by atoms with Crippen LogP contribution in [0.1, 0.15) is 5.56 Å². The third-order valence-corrected chi connectivity index (χ3v) is 4.91. The van der Waals surface area contributed by atoms with E-state index in [1.165, 1.54) is 31.4 Å². The minimum absolute atomic E-state index is 0.0275. The normalized spacial score (nSPS) is 11.5. The highest BCUT2D eigenvalue weighted by atomic mass is 79.9. The summed E-state index contributed by atoms with van der Waals surface area (Å²) in [6.07, 6.45) is 1.20. The van der Waals surface area contributed by atoms with Gasteiger partial charge in [0.25, 0.3) is 0 Å². The van der Waals surface area contributed by atoms with Crippen molar-refractivity contribution in [3.8, 4) is 5.75 Å². The van der Waals surface area contributed by atoms with E-state index < -0.39 is 16.6 Å². The average Bonchev–Trinajstić information content (AvgIpc) is 2.55. The second-order valence-electron chi connectivity index (χ2n) is 4.57. The number of sulfonamides is 1. The zero-order chi connectivity index (χ0) is 17.7. The largest absolute Gasteiger partial charge is 0.434 e. The molecule has 0 radical (unpaired) electrons. The van der Waals surface area contributed by atoms with E-state index in [1.807, 2.05) is 0 Å². The Labute approximate surface area is 146 Å². The Balaban J connectivity index is 2.12. The molecule has 24 heavy (non-hydrogen) atoms. The third-order valence-electron chi connectivity index (χ3n) is 3.01. The fourth-order valence-corrected chi connectivity index (χ4v) is 2.93. The number of nitrogens with one attached hydrogen (secondary N) is 2. The molecule has 6 nitrogen and oxygen atoms in total. The van der Waals surface area contributed by atoms with Crippen molar-refractivity contribution in [1.29, 1.82) is 0 Å². The molecule has 0 bridgehead atoms. The van der Waals surface area contributed by atoms with E-state index in [1.54, 1.807) is 12.1 Å². The maximum absolute atomic E-state index is 12.4. The van der Waals surface area contributed by atoms with Gasteiger partial charge in [0.2, 0.25) is 10.0 Å². The average molecular weight is 422 g/mol. The van der Waals surface area contributed by atoms with Gasteiger partial charge in [-0.3, -0.25) is 0 Å². The first-order valence-corrected chi connectivity index (χ1v) is 8.96. The van der Waals surface area contributed by atoms with E-state index in [4.69, 9.17) is 0 Å². The van der Waals surface area contributed by atoms with E-state index in [0.717, 1.165) is 0 Å². The summed E-state index contributed by atoms with van der Waals surface area (Å²) in [5.41, 5.74) is 0.499. The Bertz CT molecular complexity index is 801. The highest BCUT2D eigenvalue weighted by molar-refractivity contribution is 9.10. The summed E-state index contributed by atoms with van der Waals surface area (Å²) >= 11 is 3.27. The zero-order valence-corrected chi connectivity index (χ0v) is 14.9. The first-order valence-electron chi connectivity index (χ1n) is 6.68. The molecule has 2 rings (SSSR count). The van der Waals surface area contributed by atoms with Crippen molar-refractivity contribution in [2.75, 3.05) is 12.4 Å². The monoisotopic (exact) mass is 421 g/mol. The van der Waals surface area contributed by atoms with Crippen LogP contribution in [-0.4, -0.2) is 27.1 Å². The minimum Gasteiger partial charge on any atom is -0.434 e. The predicted octanol–water partition coefficient (Wildman–Crippen LogP) is 2.97. The number of benzene rings is 1. The van der Waals surface area contributed by atoms with Gasteiger partial charge in [-0.25, -0.2) is 18.1 Å². The van der Waals surface area contributed by atoms with Crippen molar-refractivity contribution >= 4 is 31.8 Å². The van der Waals surface area contributed by atoms with Gasteiger partial charge in [-0.1, -0.05) is 15.9 Å². The summed E-state index contributed by atoms with van der Waals surface area (Å²) in [5, 5.41) is 2.93. The number of anilines is 1. The standard InChI is InChI=1S/C14H14BrF2N3O3S/c1-18-24(21,22)11-3-5-13(20-8-11)19-7-9-6-10(15)2-4-12(9)23-14(16)17/h2-6,8,14,18H,7H2,1H3,(H,19,20). The number of halogens is 3. The molecule has 0 fully saturated rings. The van der Waals surface area contributed by atoms with Crippen LogP contribution in [0.5, 0.6) is 5.75 Å². The van der Waals surface area contributed by atoms with Crippen molar-refractivity contribution in [2.24, 2.45) is 0 Å². The van der Waals surface area contributed by atoms with E-state index in [-0.39, 0.29) is 17.2 Å². The van der Waals surface area contributed by atoms with E-state index in [2.05, 4.69) is 35.7 Å². The van der Waals surface area contributed by atoms with Crippen LogP contribution < -0.4 is 14.8 Å². The van der Waals surface area contributed by atoms with Gasteiger partial charge in [-0.05, 0) is 37.4 Å². The van der Waals surface area contributed by atoms with Gasteiger partial charge in [0.1, 0.15) is 16.5 Å². The lowest BCUT2D eigenvalue weighted by Crippen LogP contribution is -2.18. The molecule has 1 heterocycles. The molecule has 0 spiro atoms. The number of ether oxygens (including phenoxy) is 1. The molecule has 0 aliphatic rings. The predicted molar refractivity (Wildman–Crippen MR) is 88.6 cm³/mol. The van der Waals surface area contributed by atoms with Crippen LogP contribution in [0.4, 0.5) is 14.6 Å². The molecule has 10 heteroatoms. The maximum Gasteiger partial charge on any atom is 0.387 e. The van der Waals surface area contributed by atoms with Gasteiger partial charge in [-0.15, -0.1) is 0 Å². The highest BCUT2D eigenvalue weighted by Gasteiger charge is 2.12. The molecule has 2 N–H and O–H groups in total. The fraction of sp³-hybridized carbons (Fsp3) is 0.214. The van der Waals surface area contributed by atoms with Crippen molar-refractivity contribution in [2.45, 2.75) is 18.1 Å². The topological polar surface area (TPSA) is 80.3 Å². The summed E-state index contributed by atoms with van der Waals surface area (Å²) < 4.78 is 55.4. The smallest absolute Gasteiger partial charge is 0.387 e. The second-order valence-corrected chi connectivity index (χ2v) is 7.37. The quantitative estimate of drug-likeness (QED) is 0.718. The van der Waals surface area contributed by atoms with Crippen LogP contribution in [0.15, 0.2) is 45.9 Å². The molecule has 0 aliphatic carbocycles. The Morgan fingerprint density at radius 2 is 2.04 bits per heavy atom. The number of hydrogen-bond donors (Lipinski definition) is 2. The van der Waals surface area contributed by atoms with Gasteiger partial charge >= 0.3 is 6.61 Å². The number of aromatic nitrogens is 1. The lowest BCUT2D eigenvalue weighted by atomic mass is 10.2. The van der Waals surface area contributed by atoms with Crippen LogP contribution in [0, 0.1) is 0 Å². The third kappa shape index (κ3) is 4.86. The first-order chi connectivity index (χ1) is 11.3. The molecule has 0 aliphatic heterocycles. The molecule has 0 amide bonds. The molecule has 1 aromatic carbocycles. The minimum atomic E-state index is -3.56. The molecular formula is C14H14BrF2N3O3S. The van der Waals surface area contributed by atoms with Crippen molar-refractivity contribution in [3.05, 3.63) is 46.6 Å². The molecular weight excluding hydrogens is 408 g/mol. The summed E-state index contributed by atoms with van der Waals surface area (Å²) in [5.74, 6) is 0.447. The molecule has 0 saturated heterocycles. The summed E-state index contributed by atoms with van der Waals surface area (Å²) in [7, 11) is -2.25. The Morgan fingerprint density at radius 1 is 1.29 bits per heavy atom. The first kappa shape index (κ1) is 18.6. The summed E-state index contributed by atoms with van der Waals surface area (Å²) in [4.78, 5) is 4.02. The van der Waals surface area contributed by atoms with Crippen LogP contribution >= 0.6 is 15.9 Å². The van der Waals surface area contributed by atoms with Gasteiger partial charge in [0.05, 0.1) is 0 Å². The van der Waals surface area contributed by atoms with Crippen LogP contribution in [0.3, 0.4) is 0 Å². The fourth-order valence-electron chi connectivity index (χ4n) is 1.84. The van der Waals surface area contributed by atoms with Crippen molar-refractivity contribution in [3.63, 3.8) is 0 Å². The van der Waals surface area contributed by atoms with Gasteiger partial charge in [0.15, 0.2) is 0 Å². The van der Waals surface area contributed by atoms with Gasteiger partial charge in [0, 0.05) is 22.8 Å². The molecule has 130 valence electrons. The lowest BCUT2D eigenvalue weighted by molar-refractivity contribution is -0.0504. The number of nitrogens with zero attached hydrogens (tertiary/aromatic N) is 1. The molecule has 2 aromatic rings. The van der Waals surface area contributed by atoms with E-state index in [9.17, 15) is 17.2 Å².